The molecule has 0 saturated heterocycles. The molecule has 2 heterocycles. The number of rotatable bonds is 9. The normalized spacial score (nSPS) is 12.5. The van der Waals surface area contributed by atoms with Crippen molar-refractivity contribution in [2.24, 2.45) is 5.92 Å². The quantitative estimate of drug-likeness (QED) is 0.220. The monoisotopic (exact) mass is 525 g/mol. The number of hydrogen-bond acceptors (Lipinski definition) is 5. The van der Waals surface area contributed by atoms with Crippen LogP contribution in [0.25, 0.3) is 22.1 Å². The van der Waals surface area contributed by atoms with Crippen LogP contribution in [-0.4, -0.2) is 37.5 Å². The molecule has 1 unspecified atom stereocenters. The average molecular weight is 527 g/mol. The third-order valence-corrected chi connectivity index (χ3v) is 7.23. The Hall–Kier alpha value is -2.45. The van der Waals surface area contributed by atoms with Gasteiger partial charge < -0.3 is 9.88 Å². The van der Waals surface area contributed by atoms with Gasteiger partial charge in [-0.25, -0.2) is 4.98 Å². The van der Waals surface area contributed by atoms with Crippen molar-refractivity contribution in [3.63, 3.8) is 0 Å². The number of nitrogens with one attached hydrogen (secondary N) is 1. The van der Waals surface area contributed by atoms with E-state index in [0.717, 1.165) is 38.7 Å². The van der Waals surface area contributed by atoms with E-state index in [0.29, 0.717) is 24.0 Å². The molecule has 0 radical (unpaired) electrons. The summed E-state index contributed by atoms with van der Waals surface area (Å²) < 4.78 is 3.26. The number of carbonyl (C=O) groups is 1. The summed E-state index contributed by atoms with van der Waals surface area (Å²) in [6, 6.07) is 16.7. The van der Waals surface area contributed by atoms with Gasteiger partial charge in [-0.2, -0.15) is 0 Å². The van der Waals surface area contributed by atoms with Crippen molar-refractivity contribution in [2.75, 3.05) is 5.75 Å². The van der Waals surface area contributed by atoms with Crippen molar-refractivity contribution in [1.29, 1.82) is 0 Å². The molecule has 1 N–H and O–H groups in total. The maximum absolute atomic E-state index is 12.1. The Balaban J connectivity index is 1.50. The largest absolute Gasteiger partial charge is 0.353 e. The first-order valence-electron chi connectivity index (χ1n) is 11.2. The number of benzene rings is 2. The van der Waals surface area contributed by atoms with Gasteiger partial charge in [0.15, 0.2) is 5.65 Å². The minimum Gasteiger partial charge on any atom is -0.353 e. The van der Waals surface area contributed by atoms with E-state index in [9.17, 15) is 4.79 Å². The average Bonchev–Trinajstić information content (AvgIpc) is 3.11. The molecule has 8 heteroatoms. The minimum atomic E-state index is 0.0981. The summed E-state index contributed by atoms with van der Waals surface area (Å²) in [6.45, 7) is 6.96. The van der Waals surface area contributed by atoms with E-state index in [1.54, 1.807) is 11.8 Å². The summed E-state index contributed by atoms with van der Waals surface area (Å²) in [5, 5.41) is 13.6. The Labute approximate surface area is 206 Å². The lowest BCUT2D eigenvalue weighted by Gasteiger charge is -2.17. The van der Waals surface area contributed by atoms with Gasteiger partial charge in [0, 0.05) is 34.6 Å². The molecule has 1 atom stereocenters. The van der Waals surface area contributed by atoms with Crippen LogP contribution in [0.1, 0.15) is 39.2 Å². The standard InChI is InChI=1S/C25H28BrN5OS/c1-16(2)17(3)27-22(32)9-6-14-33-25-28-24-23(29-30-25)20-7-4-5-8-21(20)31(24)15-18-10-12-19(26)13-11-18/h4-5,7-8,10-13,16-17H,6,9,14-15H2,1-3H3,(H,27,32). The lowest BCUT2D eigenvalue weighted by atomic mass is 10.1. The van der Waals surface area contributed by atoms with Crippen LogP contribution in [0.3, 0.4) is 0 Å². The molecule has 0 aliphatic carbocycles. The van der Waals surface area contributed by atoms with Crippen molar-refractivity contribution >= 4 is 55.7 Å². The number of thioether (sulfide) groups is 1. The maximum atomic E-state index is 12.1. The third-order valence-electron chi connectivity index (χ3n) is 5.78. The number of hydrogen-bond donors (Lipinski definition) is 1. The first kappa shape index (κ1) is 23.7. The second-order valence-electron chi connectivity index (χ2n) is 8.55. The van der Waals surface area contributed by atoms with Crippen LogP contribution in [0.2, 0.25) is 0 Å². The summed E-state index contributed by atoms with van der Waals surface area (Å²) in [5.41, 5.74) is 3.93. The summed E-state index contributed by atoms with van der Waals surface area (Å²) in [4.78, 5) is 17.0. The zero-order valence-corrected chi connectivity index (χ0v) is 21.5. The van der Waals surface area contributed by atoms with Gasteiger partial charge in [0.25, 0.3) is 0 Å². The lowest BCUT2D eigenvalue weighted by molar-refractivity contribution is -0.121. The fourth-order valence-electron chi connectivity index (χ4n) is 3.57. The molecular formula is C25H28BrN5OS. The smallest absolute Gasteiger partial charge is 0.220 e. The van der Waals surface area contributed by atoms with Gasteiger partial charge in [-0.15, -0.1) is 10.2 Å². The Morgan fingerprint density at radius 3 is 2.61 bits per heavy atom. The van der Waals surface area contributed by atoms with Gasteiger partial charge in [-0.1, -0.05) is 71.9 Å². The van der Waals surface area contributed by atoms with E-state index in [1.807, 2.05) is 19.1 Å². The number of amides is 1. The van der Waals surface area contributed by atoms with Gasteiger partial charge in [-0.05, 0) is 43.0 Å². The molecule has 33 heavy (non-hydrogen) atoms. The van der Waals surface area contributed by atoms with Gasteiger partial charge in [0.2, 0.25) is 11.1 Å². The van der Waals surface area contributed by atoms with Crippen molar-refractivity contribution in [3.05, 3.63) is 58.6 Å². The SMILES string of the molecule is CC(C)C(C)NC(=O)CCCSc1nnc2c3ccccc3n(Cc3ccc(Br)cc3)c2n1. The van der Waals surface area contributed by atoms with Gasteiger partial charge in [0.05, 0.1) is 5.52 Å². The van der Waals surface area contributed by atoms with E-state index in [2.05, 4.69) is 86.3 Å². The summed E-state index contributed by atoms with van der Waals surface area (Å²) in [6.07, 6.45) is 1.27. The maximum Gasteiger partial charge on any atom is 0.220 e. The van der Waals surface area contributed by atoms with E-state index in [4.69, 9.17) is 4.98 Å². The second kappa shape index (κ2) is 10.7. The van der Waals surface area contributed by atoms with Crippen LogP contribution in [0.4, 0.5) is 0 Å². The van der Waals surface area contributed by atoms with Crippen LogP contribution < -0.4 is 5.32 Å². The Bertz CT molecular complexity index is 1260. The Morgan fingerprint density at radius 1 is 1.09 bits per heavy atom. The van der Waals surface area contributed by atoms with E-state index in [1.165, 1.54) is 5.56 Å². The Morgan fingerprint density at radius 2 is 1.85 bits per heavy atom. The fourth-order valence-corrected chi connectivity index (χ4v) is 4.56. The first-order chi connectivity index (χ1) is 15.9. The topological polar surface area (TPSA) is 72.7 Å². The van der Waals surface area contributed by atoms with Crippen LogP contribution >= 0.6 is 27.7 Å². The highest BCUT2D eigenvalue weighted by molar-refractivity contribution is 9.10. The van der Waals surface area contributed by atoms with Crippen LogP contribution in [0, 0.1) is 5.92 Å². The highest BCUT2D eigenvalue weighted by Crippen LogP contribution is 2.28. The van der Waals surface area contributed by atoms with Crippen LogP contribution in [0.15, 0.2) is 58.2 Å². The summed E-state index contributed by atoms with van der Waals surface area (Å²) in [5.74, 6) is 1.29. The molecular weight excluding hydrogens is 498 g/mol. The van der Waals surface area contributed by atoms with E-state index < -0.39 is 0 Å². The van der Waals surface area contributed by atoms with Gasteiger partial charge in [-0.3, -0.25) is 4.79 Å². The molecule has 0 saturated carbocycles. The predicted molar refractivity (Wildman–Crippen MR) is 138 cm³/mol. The van der Waals surface area contributed by atoms with Crippen molar-refractivity contribution in [3.8, 4) is 0 Å². The molecule has 0 bridgehead atoms. The molecule has 2 aromatic carbocycles. The van der Waals surface area contributed by atoms with Crippen LogP contribution in [-0.2, 0) is 11.3 Å². The summed E-state index contributed by atoms with van der Waals surface area (Å²) >= 11 is 5.05. The molecule has 4 rings (SSSR count). The zero-order chi connectivity index (χ0) is 23.4. The van der Waals surface area contributed by atoms with Gasteiger partial charge in [0.1, 0.15) is 5.52 Å². The molecule has 4 aromatic rings. The van der Waals surface area contributed by atoms with Crippen molar-refractivity contribution < 1.29 is 4.79 Å². The zero-order valence-electron chi connectivity index (χ0n) is 19.1. The molecule has 0 fully saturated rings. The molecule has 6 nitrogen and oxygen atoms in total. The number of para-hydroxylation sites is 1. The molecule has 172 valence electrons. The number of nitrogens with zero attached hydrogens (tertiary/aromatic N) is 4. The molecule has 0 aliphatic rings. The number of carbonyl (C=O) groups excluding carboxylic acids is 1. The van der Waals surface area contributed by atoms with E-state index >= 15 is 0 Å². The molecule has 0 spiro atoms. The highest BCUT2D eigenvalue weighted by Gasteiger charge is 2.15. The Kier molecular flexibility index (Phi) is 7.65. The lowest BCUT2D eigenvalue weighted by Crippen LogP contribution is -2.35. The second-order valence-corrected chi connectivity index (χ2v) is 10.5. The minimum absolute atomic E-state index is 0.0981. The fraction of sp³-hybridized carbons (Fsp3) is 0.360. The highest BCUT2D eigenvalue weighted by atomic mass is 79.9. The summed E-state index contributed by atoms with van der Waals surface area (Å²) in [7, 11) is 0. The third kappa shape index (κ3) is 5.73. The number of fused-ring (bicyclic) bond motifs is 3. The number of aromatic nitrogens is 4. The predicted octanol–water partition coefficient (Wildman–Crippen LogP) is 5.82. The van der Waals surface area contributed by atoms with Crippen LogP contribution in [0.5, 0.6) is 0 Å². The van der Waals surface area contributed by atoms with Crippen molar-refractivity contribution in [1.82, 2.24) is 25.1 Å². The van der Waals surface area contributed by atoms with E-state index in [-0.39, 0.29) is 11.9 Å². The number of halogens is 1. The van der Waals surface area contributed by atoms with Gasteiger partial charge >= 0.3 is 0 Å². The molecule has 0 aliphatic heterocycles. The molecule has 1 amide bonds. The molecule has 2 aromatic heterocycles. The van der Waals surface area contributed by atoms with Crippen molar-refractivity contribution in [2.45, 2.75) is 51.4 Å². The first-order valence-corrected chi connectivity index (χ1v) is 13.0.